The van der Waals surface area contributed by atoms with Crippen molar-refractivity contribution < 1.29 is 14.3 Å². The molecule has 0 saturated carbocycles. The Balaban J connectivity index is 0.00000306. The molecule has 1 fully saturated rings. The van der Waals surface area contributed by atoms with Crippen molar-refractivity contribution in [2.75, 3.05) is 43.5 Å². The number of carbonyl (C=O) groups excluding carboxylic acids is 2. The van der Waals surface area contributed by atoms with Gasteiger partial charge < -0.3 is 19.9 Å². The zero-order valence-corrected chi connectivity index (χ0v) is 19.7. The van der Waals surface area contributed by atoms with E-state index in [-0.39, 0.29) is 18.3 Å². The van der Waals surface area contributed by atoms with Crippen LogP contribution in [0.5, 0.6) is 5.75 Å². The molecule has 4 rings (SSSR count). The number of para-hydroxylation sites is 2. The lowest BCUT2D eigenvalue weighted by molar-refractivity contribution is 0.0748. The number of hydrogen-bond donors (Lipinski definition) is 1. The van der Waals surface area contributed by atoms with Crippen LogP contribution in [-0.2, 0) is 0 Å². The van der Waals surface area contributed by atoms with Gasteiger partial charge in [0.1, 0.15) is 5.75 Å². The first-order valence-electron chi connectivity index (χ1n) is 10.4. The summed E-state index contributed by atoms with van der Waals surface area (Å²) in [6, 6.07) is 22.1. The molecule has 0 spiro atoms. The largest absolute Gasteiger partial charge is 0.496 e. The number of benzene rings is 3. The standard InChI is InChI=1S/C25H24ClN3O3.ClH/c1-32-23-12-11-18(26)17-21(23)24(30)27-22-10-6-5-9-20(22)25(31)29-15-13-28(14-16-29)19-7-3-2-4-8-19;/h2-12,17H,13-16H2,1H3,(H,27,30);1H. The van der Waals surface area contributed by atoms with E-state index in [0.29, 0.717) is 40.7 Å². The third-order valence-corrected chi connectivity index (χ3v) is 5.74. The van der Waals surface area contributed by atoms with Gasteiger partial charge in [-0.1, -0.05) is 41.9 Å². The Morgan fingerprint density at radius 3 is 2.24 bits per heavy atom. The van der Waals surface area contributed by atoms with Crippen molar-refractivity contribution in [2.24, 2.45) is 0 Å². The normalized spacial score (nSPS) is 13.2. The second-order valence-corrected chi connectivity index (χ2v) is 7.90. The molecular weight excluding hydrogens is 461 g/mol. The van der Waals surface area contributed by atoms with Gasteiger partial charge in [-0.3, -0.25) is 9.59 Å². The molecule has 8 heteroatoms. The first kappa shape index (κ1) is 24.4. The van der Waals surface area contributed by atoms with Gasteiger partial charge in [0.05, 0.1) is 23.9 Å². The van der Waals surface area contributed by atoms with Gasteiger partial charge in [0.25, 0.3) is 11.8 Å². The van der Waals surface area contributed by atoms with Crippen LogP contribution in [0.2, 0.25) is 5.02 Å². The molecule has 3 aromatic rings. The molecule has 1 aliphatic heterocycles. The van der Waals surface area contributed by atoms with E-state index in [1.807, 2.05) is 23.1 Å². The molecule has 0 aliphatic carbocycles. The van der Waals surface area contributed by atoms with Gasteiger partial charge in [-0.2, -0.15) is 0 Å². The van der Waals surface area contributed by atoms with Gasteiger partial charge in [0.15, 0.2) is 0 Å². The van der Waals surface area contributed by atoms with Gasteiger partial charge in [-0.25, -0.2) is 0 Å². The number of amides is 2. The van der Waals surface area contributed by atoms with Crippen LogP contribution in [0, 0.1) is 0 Å². The van der Waals surface area contributed by atoms with E-state index in [9.17, 15) is 9.59 Å². The van der Waals surface area contributed by atoms with E-state index < -0.39 is 5.91 Å². The summed E-state index contributed by atoms with van der Waals surface area (Å²) < 4.78 is 5.28. The van der Waals surface area contributed by atoms with Crippen molar-refractivity contribution in [1.29, 1.82) is 0 Å². The molecule has 0 aromatic heterocycles. The smallest absolute Gasteiger partial charge is 0.259 e. The van der Waals surface area contributed by atoms with Crippen LogP contribution >= 0.6 is 24.0 Å². The molecule has 33 heavy (non-hydrogen) atoms. The van der Waals surface area contributed by atoms with E-state index in [1.54, 1.807) is 42.5 Å². The molecule has 1 N–H and O–H groups in total. The molecule has 0 atom stereocenters. The molecule has 172 valence electrons. The first-order valence-corrected chi connectivity index (χ1v) is 10.8. The van der Waals surface area contributed by atoms with E-state index in [4.69, 9.17) is 16.3 Å². The summed E-state index contributed by atoms with van der Waals surface area (Å²) in [4.78, 5) is 30.3. The Labute approximate surface area is 204 Å². The van der Waals surface area contributed by atoms with Crippen molar-refractivity contribution in [3.8, 4) is 5.75 Å². The second-order valence-electron chi connectivity index (χ2n) is 7.46. The highest BCUT2D eigenvalue weighted by Crippen LogP contribution is 2.25. The van der Waals surface area contributed by atoms with Crippen LogP contribution in [0.1, 0.15) is 20.7 Å². The number of anilines is 2. The Hall–Kier alpha value is -3.22. The van der Waals surface area contributed by atoms with Crippen LogP contribution in [-0.4, -0.2) is 50.0 Å². The summed E-state index contributed by atoms with van der Waals surface area (Å²) in [5.74, 6) is -0.0853. The average molecular weight is 486 g/mol. The van der Waals surface area contributed by atoms with E-state index in [2.05, 4.69) is 22.3 Å². The zero-order valence-electron chi connectivity index (χ0n) is 18.2. The maximum Gasteiger partial charge on any atom is 0.259 e. The maximum atomic E-state index is 13.3. The Kier molecular flexibility index (Phi) is 8.20. The Morgan fingerprint density at radius 2 is 1.55 bits per heavy atom. The molecule has 0 unspecified atom stereocenters. The number of methoxy groups -OCH3 is 1. The highest BCUT2D eigenvalue weighted by Gasteiger charge is 2.25. The molecule has 1 saturated heterocycles. The van der Waals surface area contributed by atoms with Crippen LogP contribution in [0.4, 0.5) is 11.4 Å². The Bertz CT molecular complexity index is 1120. The predicted molar refractivity (Wildman–Crippen MR) is 134 cm³/mol. The van der Waals surface area contributed by atoms with Crippen molar-refractivity contribution in [3.05, 3.63) is 88.9 Å². The third kappa shape index (κ3) is 5.59. The minimum atomic E-state index is -0.390. The number of carbonyl (C=O) groups is 2. The Morgan fingerprint density at radius 1 is 0.879 bits per heavy atom. The van der Waals surface area contributed by atoms with E-state index in [0.717, 1.165) is 18.8 Å². The molecule has 1 heterocycles. The van der Waals surface area contributed by atoms with Crippen LogP contribution in [0.3, 0.4) is 0 Å². The lowest BCUT2D eigenvalue weighted by atomic mass is 10.1. The van der Waals surface area contributed by atoms with Gasteiger partial charge in [0.2, 0.25) is 0 Å². The lowest BCUT2D eigenvalue weighted by Crippen LogP contribution is -2.48. The average Bonchev–Trinajstić information content (AvgIpc) is 2.84. The number of halogens is 2. The second kappa shape index (κ2) is 11.1. The van der Waals surface area contributed by atoms with Crippen LogP contribution in [0.15, 0.2) is 72.8 Å². The molecule has 1 aliphatic rings. The van der Waals surface area contributed by atoms with Crippen molar-refractivity contribution in [3.63, 3.8) is 0 Å². The minimum Gasteiger partial charge on any atom is -0.496 e. The number of rotatable bonds is 5. The summed E-state index contributed by atoms with van der Waals surface area (Å²) in [5.41, 5.74) is 2.37. The lowest BCUT2D eigenvalue weighted by Gasteiger charge is -2.36. The molecule has 2 amide bonds. The quantitative estimate of drug-likeness (QED) is 0.553. The minimum absolute atomic E-state index is 0. The van der Waals surface area contributed by atoms with Gasteiger partial charge in [0, 0.05) is 36.9 Å². The summed E-state index contributed by atoms with van der Waals surface area (Å²) in [5, 5.41) is 3.28. The SMILES string of the molecule is COc1ccc(Cl)cc1C(=O)Nc1ccccc1C(=O)N1CCN(c2ccccc2)CC1.Cl. The summed E-state index contributed by atoms with van der Waals surface area (Å²) >= 11 is 6.06. The summed E-state index contributed by atoms with van der Waals surface area (Å²) in [6.45, 7) is 2.73. The monoisotopic (exact) mass is 485 g/mol. The first-order chi connectivity index (χ1) is 15.6. The predicted octanol–water partition coefficient (Wildman–Crippen LogP) is 4.99. The zero-order chi connectivity index (χ0) is 22.5. The molecule has 6 nitrogen and oxygen atoms in total. The number of nitrogens with zero attached hydrogens (tertiary/aromatic N) is 2. The fourth-order valence-electron chi connectivity index (χ4n) is 3.80. The summed E-state index contributed by atoms with van der Waals surface area (Å²) in [7, 11) is 1.49. The highest BCUT2D eigenvalue weighted by atomic mass is 35.5. The number of piperazine rings is 1. The fraction of sp³-hybridized carbons (Fsp3) is 0.200. The third-order valence-electron chi connectivity index (χ3n) is 5.50. The van der Waals surface area contributed by atoms with Gasteiger partial charge >= 0.3 is 0 Å². The van der Waals surface area contributed by atoms with E-state index in [1.165, 1.54) is 7.11 Å². The van der Waals surface area contributed by atoms with E-state index >= 15 is 0 Å². The fourth-order valence-corrected chi connectivity index (χ4v) is 3.97. The highest BCUT2D eigenvalue weighted by molar-refractivity contribution is 6.31. The van der Waals surface area contributed by atoms with Gasteiger partial charge in [-0.15, -0.1) is 12.4 Å². The maximum absolute atomic E-state index is 13.3. The summed E-state index contributed by atoms with van der Waals surface area (Å²) in [6.07, 6.45) is 0. The van der Waals surface area contributed by atoms with Crippen LogP contribution in [0.25, 0.3) is 0 Å². The van der Waals surface area contributed by atoms with Crippen molar-refractivity contribution in [1.82, 2.24) is 4.90 Å². The van der Waals surface area contributed by atoms with Crippen molar-refractivity contribution >= 4 is 47.2 Å². The molecule has 3 aromatic carbocycles. The van der Waals surface area contributed by atoms with Gasteiger partial charge in [-0.05, 0) is 42.5 Å². The number of hydrogen-bond acceptors (Lipinski definition) is 4. The van der Waals surface area contributed by atoms with Crippen LogP contribution < -0.4 is 15.0 Å². The topological polar surface area (TPSA) is 61.9 Å². The number of ether oxygens (including phenoxy) is 1. The number of nitrogens with one attached hydrogen (secondary N) is 1. The molecular formula is C25H25Cl2N3O3. The van der Waals surface area contributed by atoms with Crippen molar-refractivity contribution in [2.45, 2.75) is 0 Å². The molecule has 0 bridgehead atoms. The molecule has 0 radical (unpaired) electrons.